The van der Waals surface area contributed by atoms with Gasteiger partial charge in [0.15, 0.2) is 0 Å². The van der Waals surface area contributed by atoms with Crippen LogP contribution in [0.25, 0.3) is 22.2 Å². The number of carbonyl (C=O) groups is 1. The molecule has 4 heterocycles. The zero-order chi connectivity index (χ0) is 26.9. The van der Waals surface area contributed by atoms with Gasteiger partial charge in [0.2, 0.25) is 0 Å². The average Bonchev–Trinajstić information content (AvgIpc) is 3.51. The van der Waals surface area contributed by atoms with Crippen LogP contribution in [0, 0.1) is 11.3 Å². The summed E-state index contributed by atoms with van der Waals surface area (Å²) in [6, 6.07) is 7.95. The molecule has 2 fully saturated rings. The van der Waals surface area contributed by atoms with Crippen LogP contribution < -0.4 is 0 Å². The fourth-order valence-electron chi connectivity index (χ4n) is 5.62. The quantitative estimate of drug-likeness (QED) is 0.321. The SMILES string of the molecule is C[Si](C)(C)CCOCn1ccc2c(-c3cnn(C4(CC#N)CC(N5CCN(C(=O)O)CC5)C4)c3)ccnc21. The summed E-state index contributed by atoms with van der Waals surface area (Å²) in [5.41, 5.74) is 2.63. The van der Waals surface area contributed by atoms with Crippen molar-refractivity contribution in [3.8, 4) is 17.2 Å². The second kappa shape index (κ2) is 10.5. The molecule has 10 nitrogen and oxygen atoms in total. The fourth-order valence-corrected chi connectivity index (χ4v) is 6.38. The van der Waals surface area contributed by atoms with E-state index in [1.165, 1.54) is 4.90 Å². The molecule has 0 radical (unpaired) electrons. The molecule has 0 aromatic carbocycles. The molecule has 0 spiro atoms. The van der Waals surface area contributed by atoms with Crippen LogP contribution in [0.4, 0.5) is 4.79 Å². The number of nitriles is 1. The summed E-state index contributed by atoms with van der Waals surface area (Å²) in [5, 5.41) is 24.6. The molecule has 0 bridgehead atoms. The minimum absolute atomic E-state index is 0.329. The van der Waals surface area contributed by atoms with Gasteiger partial charge in [0.1, 0.15) is 12.4 Å². The number of ether oxygens (including phenoxy) is 1. The van der Waals surface area contributed by atoms with Crippen molar-refractivity contribution in [3.63, 3.8) is 0 Å². The molecule has 38 heavy (non-hydrogen) atoms. The highest BCUT2D eigenvalue weighted by atomic mass is 28.3. The van der Waals surface area contributed by atoms with E-state index < -0.39 is 14.2 Å². The van der Waals surface area contributed by atoms with Crippen molar-refractivity contribution < 1.29 is 14.6 Å². The van der Waals surface area contributed by atoms with Crippen molar-refractivity contribution in [2.24, 2.45) is 0 Å². The predicted molar refractivity (Wildman–Crippen MR) is 147 cm³/mol. The smallest absolute Gasteiger partial charge is 0.407 e. The van der Waals surface area contributed by atoms with Gasteiger partial charge in [-0.3, -0.25) is 9.58 Å². The molecule has 0 atom stereocenters. The van der Waals surface area contributed by atoms with Gasteiger partial charge in [-0.2, -0.15) is 10.4 Å². The number of pyridine rings is 1. The Labute approximate surface area is 224 Å². The summed E-state index contributed by atoms with van der Waals surface area (Å²) < 4.78 is 9.99. The first-order valence-electron chi connectivity index (χ1n) is 13.4. The lowest BCUT2D eigenvalue weighted by Gasteiger charge is -2.52. The number of piperazine rings is 1. The number of nitrogens with zero attached hydrogens (tertiary/aromatic N) is 7. The maximum absolute atomic E-state index is 11.2. The molecular formula is C27H37N7O3Si. The van der Waals surface area contributed by atoms with Crippen LogP contribution in [-0.2, 0) is 17.0 Å². The lowest BCUT2D eigenvalue weighted by Crippen LogP contribution is -2.60. The van der Waals surface area contributed by atoms with Crippen LogP contribution in [0.3, 0.4) is 0 Å². The summed E-state index contributed by atoms with van der Waals surface area (Å²) in [7, 11) is -1.13. The summed E-state index contributed by atoms with van der Waals surface area (Å²) >= 11 is 0. The standard InChI is InChI=1S/C27H37N7O3Si/c1-38(2,3)15-14-37-20-33-9-5-24-23(4-8-29-25(24)33)21-18-30-34(19-21)27(6-7-28)16-22(17-27)31-10-12-32(13-11-31)26(35)36/h4-5,8-9,18-19,22H,6,10-17,20H2,1-3H3,(H,35,36). The van der Waals surface area contributed by atoms with Gasteiger partial charge in [-0.05, 0) is 36.6 Å². The first-order valence-corrected chi connectivity index (χ1v) is 17.1. The van der Waals surface area contributed by atoms with Gasteiger partial charge in [-0.1, -0.05) is 19.6 Å². The number of hydrogen-bond donors (Lipinski definition) is 1. The van der Waals surface area contributed by atoms with E-state index in [4.69, 9.17) is 9.84 Å². The molecular weight excluding hydrogens is 498 g/mol. The molecule has 1 saturated heterocycles. The summed E-state index contributed by atoms with van der Waals surface area (Å²) in [4.78, 5) is 19.7. The summed E-state index contributed by atoms with van der Waals surface area (Å²) in [6.45, 7) is 10.8. The van der Waals surface area contributed by atoms with Crippen molar-refractivity contribution in [2.45, 2.75) is 63.3 Å². The van der Waals surface area contributed by atoms with E-state index in [0.717, 1.165) is 60.7 Å². The molecule has 0 unspecified atom stereocenters. The lowest BCUT2D eigenvalue weighted by molar-refractivity contribution is -0.0157. The van der Waals surface area contributed by atoms with E-state index in [1.807, 2.05) is 33.9 Å². The maximum Gasteiger partial charge on any atom is 0.407 e. The zero-order valence-electron chi connectivity index (χ0n) is 22.5. The molecule has 2 aliphatic rings. The van der Waals surface area contributed by atoms with E-state index >= 15 is 0 Å². The minimum atomic E-state index is -1.13. The molecule has 1 aliphatic heterocycles. The molecule has 3 aromatic heterocycles. The molecule has 1 N–H and O–H groups in total. The Morgan fingerprint density at radius 2 is 2.00 bits per heavy atom. The third-order valence-electron chi connectivity index (χ3n) is 8.01. The monoisotopic (exact) mass is 535 g/mol. The molecule has 11 heteroatoms. The highest BCUT2D eigenvalue weighted by Crippen LogP contribution is 2.45. The van der Waals surface area contributed by atoms with Crippen LogP contribution in [0.15, 0.2) is 36.9 Å². The van der Waals surface area contributed by atoms with Crippen molar-refractivity contribution in [1.82, 2.24) is 29.1 Å². The molecule has 202 valence electrons. The number of fused-ring (bicyclic) bond motifs is 1. The van der Waals surface area contributed by atoms with Crippen LogP contribution in [0.1, 0.15) is 19.3 Å². The van der Waals surface area contributed by atoms with Crippen molar-refractivity contribution in [2.75, 3.05) is 32.8 Å². The van der Waals surface area contributed by atoms with Gasteiger partial charge in [0, 0.05) is 76.4 Å². The molecule has 1 aliphatic carbocycles. The van der Waals surface area contributed by atoms with Gasteiger partial charge in [0.25, 0.3) is 0 Å². The molecule has 1 amide bonds. The number of aromatic nitrogens is 4. The van der Waals surface area contributed by atoms with Gasteiger partial charge < -0.3 is 19.3 Å². The van der Waals surface area contributed by atoms with E-state index in [-0.39, 0.29) is 5.54 Å². The van der Waals surface area contributed by atoms with Crippen molar-refractivity contribution >= 4 is 25.2 Å². The number of hydrogen-bond acceptors (Lipinski definition) is 6. The molecule has 1 saturated carbocycles. The maximum atomic E-state index is 11.2. The van der Waals surface area contributed by atoms with Crippen molar-refractivity contribution in [1.29, 1.82) is 5.26 Å². The van der Waals surface area contributed by atoms with E-state index in [9.17, 15) is 15.2 Å². The number of carboxylic acid groups (broad SMARTS) is 1. The normalized spacial score (nSPS) is 22.4. The Bertz CT molecular complexity index is 1320. The Hall–Kier alpha value is -3.20. The Morgan fingerprint density at radius 1 is 1.24 bits per heavy atom. The van der Waals surface area contributed by atoms with Gasteiger partial charge >= 0.3 is 6.09 Å². The largest absolute Gasteiger partial charge is 0.465 e. The Kier molecular flexibility index (Phi) is 7.31. The first kappa shape index (κ1) is 26.4. The van der Waals surface area contributed by atoms with Crippen LogP contribution in [0.2, 0.25) is 25.7 Å². The minimum Gasteiger partial charge on any atom is -0.465 e. The van der Waals surface area contributed by atoms with E-state index in [0.29, 0.717) is 32.3 Å². The molecule has 5 rings (SSSR count). The highest BCUT2D eigenvalue weighted by molar-refractivity contribution is 6.76. The van der Waals surface area contributed by atoms with E-state index in [2.05, 4.69) is 47.9 Å². The van der Waals surface area contributed by atoms with Crippen LogP contribution in [-0.4, -0.2) is 87.2 Å². The topological polar surface area (TPSA) is 112 Å². The lowest BCUT2D eigenvalue weighted by atomic mass is 9.70. The number of amides is 1. The fraction of sp³-hybridized carbons (Fsp3) is 0.556. The third kappa shape index (κ3) is 5.34. The Morgan fingerprint density at radius 3 is 2.68 bits per heavy atom. The van der Waals surface area contributed by atoms with Gasteiger partial charge in [-0.25, -0.2) is 9.78 Å². The number of rotatable bonds is 9. The van der Waals surface area contributed by atoms with Crippen LogP contribution >= 0.6 is 0 Å². The summed E-state index contributed by atoms with van der Waals surface area (Å²) in [5.74, 6) is 0. The first-order chi connectivity index (χ1) is 18.2. The second-order valence-corrected chi connectivity index (χ2v) is 17.5. The highest BCUT2D eigenvalue weighted by Gasteiger charge is 2.49. The van der Waals surface area contributed by atoms with Crippen LogP contribution in [0.5, 0.6) is 0 Å². The van der Waals surface area contributed by atoms with Crippen molar-refractivity contribution in [3.05, 3.63) is 36.9 Å². The van der Waals surface area contributed by atoms with E-state index in [1.54, 1.807) is 0 Å². The zero-order valence-corrected chi connectivity index (χ0v) is 23.5. The van der Waals surface area contributed by atoms with Gasteiger partial charge in [0.05, 0.1) is 24.2 Å². The molecule has 3 aromatic rings. The van der Waals surface area contributed by atoms with Gasteiger partial charge in [-0.15, -0.1) is 0 Å². The third-order valence-corrected chi connectivity index (χ3v) is 9.71. The second-order valence-electron chi connectivity index (χ2n) is 11.8. The summed E-state index contributed by atoms with van der Waals surface area (Å²) in [6.07, 6.45) is 9.03. The average molecular weight is 536 g/mol. The Balaban J connectivity index is 1.28. The predicted octanol–water partition coefficient (Wildman–Crippen LogP) is 4.28.